The molecule has 1 aromatic carbocycles. The van der Waals surface area contributed by atoms with Gasteiger partial charge in [-0.05, 0) is 30.7 Å². The summed E-state index contributed by atoms with van der Waals surface area (Å²) in [5, 5.41) is 2.82. The lowest BCUT2D eigenvalue weighted by atomic mass is 10.1. The van der Waals surface area contributed by atoms with E-state index in [2.05, 4.69) is 20.2 Å². The second-order valence-electron chi connectivity index (χ2n) is 8.67. The van der Waals surface area contributed by atoms with Gasteiger partial charge in [0.15, 0.2) is 11.5 Å². The molecule has 3 aliphatic heterocycles. The molecule has 1 atom stereocenters. The number of benzene rings is 1. The van der Waals surface area contributed by atoms with Gasteiger partial charge in [-0.25, -0.2) is 4.99 Å². The summed E-state index contributed by atoms with van der Waals surface area (Å²) in [6.45, 7) is 6.22. The molecule has 1 saturated heterocycles. The Morgan fingerprint density at radius 2 is 2.11 bits per heavy atom. The molecular weight excluding hydrogens is 462 g/mol. The van der Waals surface area contributed by atoms with Crippen LogP contribution >= 0.6 is 0 Å². The van der Waals surface area contributed by atoms with E-state index in [1.54, 1.807) is 25.4 Å². The number of nitrogens with zero attached hydrogens (tertiary/aromatic N) is 5. The molecule has 0 saturated carbocycles. The van der Waals surface area contributed by atoms with Crippen molar-refractivity contribution in [3.8, 4) is 11.5 Å². The number of pyridine rings is 1. The number of aromatic nitrogens is 1. The topological polar surface area (TPSA) is 127 Å². The Hall–Kier alpha value is -3.54. The van der Waals surface area contributed by atoms with Crippen molar-refractivity contribution in [2.45, 2.75) is 12.6 Å². The molecule has 0 bridgehead atoms. The van der Waals surface area contributed by atoms with Gasteiger partial charge in [0.2, 0.25) is 0 Å². The van der Waals surface area contributed by atoms with Gasteiger partial charge in [-0.3, -0.25) is 19.7 Å². The van der Waals surface area contributed by atoms with Crippen molar-refractivity contribution in [2.75, 3.05) is 59.7 Å². The van der Waals surface area contributed by atoms with E-state index >= 15 is 0 Å². The Kier molecular flexibility index (Phi) is 7.40. The number of ether oxygens (including phenoxy) is 3. The van der Waals surface area contributed by atoms with E-state index in [-0.39, 0.29) is 5.91 Å². The van der Waals surface area contributed by atoms with E-state index in [1.165, 1.54) is 6.20 Å². The lowest BCUT2D eigenvalue weighted by molar-refractivity contribution is 0.0357. The quantitative estimate of drug-likeness (QED) is 0.392. The molecule has 11 nitrogen and oxygen atoms in total. The molecule has 190 valence electrons. The van der Waals surface area contributed by atoms with Crippen LogP contribution < -0.4 is 20.5 Å². The monoisotopic (exact) mass is 493 g/mol. The van der Waals surface area contributed by atoms with Crippen LogP contribution in [0.3, 0.4) is 0 Å². The van der Waals surface area contributed by atoms with Gasteiger partial charge >= 0.3 is 0 Å². The Morgan fingerprint density at radius 1 is 1.25 bits per heavy atom. The average molecular weight is 494 g/mol. The highest BCUT2D eigenvalue weighted by Crippen LogP contribution is 2.43. The molecule has 1 aromatic heterocycles. The number of fused-ring (bicyclic) bond motifs is 3. The van der Waals surface area contributed by atoms with Gasteiger partial charge in [0.25, 0.3) is 5.91 Å². The highest BCUT2D eigenvalue weighted by molar-refractivity contribution is 6.18. The first-order valence-electron chi connectivity index (χ1n) is 12.2. The van der Waals surface area contributed by atoms with Crippen LogP contribution in [0.15, 0.2) is 46.6 Å². The van der Waals surface area contributed by atoms with Gasteiger partial charge in [-0.15, -0.1) is 0 Å². The number of nitrogens with two attached hydrogens (primary N) is 1. The predicted octanol–water partition coefficient (Wildman–Crippen LogP) is 1.01. The Bertz CT molecular complexity index is 1150. The number of hydrogen-bond donors (Lipinski definition) is 2. The minimum atomic E-state index is -0.850. The van der Waals surface area contributed by atoms with Crippen LogP contribution in [0.4, 0.5) is 5.69 Å². The summed E-state index contributed by atoms with van der Waals surface area (Å²) in [4.78, 5) is 30.5. The van der Waals surface area contributed by atoms with Gasteiger partial charge in [-0.1, -0.05) is 0 Å². The van der Waals surface area contributed by atoms with Gasteiger partial charge in [0.05, 0.1) is 39.0 Å². The van der Waals surface area contributed by atoms with Crippen LogP contribution in [-0.2, 0) is 4.74 Å². The largest absolute Gasteiger partial charge is 0.491 e. The SMILES string of the molecule is COc1c(OCCCN2CCOCC2)ccc2c1N=C(C(N)NC(=O)c1cccnc1)N1CCN=C21. The molecule has 1 fully saturated rings. The smallest absolute Gasteiger partial charge is 0.254 e. The molecule has 0 spiro atoms. The molecule has 3 aliphatic rings. The first kappa shape index (κ1) is 24.2. The summed E-state index contributed by atoms with van der Waals surface area (Å²) in [5.74, 6) is 2.07. The maximum atomic E-state index is 12.7. The normalized spacial score (nSPS) is 18.0. The molecule has 11 heteroatoms. The van der Waals surface area contributed by atoms with Gasteiger partial charge in [-0.2, -0.15) is 0 Å². The molecule has 0 radical (unpaired) electrons. The molecule has 1 unspecified atom stereocenters. The van der Waals surface area contributed by atoms with Gasteiger partial charge in [0, 0.05) is 44.1 Å². The van der Waals surface area contributed by atoms with E-state index in [9.17, 15) is 4.79 Å². The minimum absolute atomic E-state index is 0.328. The number of aliphatic imine (C=N–C) groups is 2. The van der Waals surface area contributed by atoms with Crippen molar-refractivity contribution in [2.24, 2.45) is 15.7 Å². The number of carbonyl (C=O) groups is 1. The third-order valence-corrected chi connectivity index (χ3v) is 6.35. The van der Waals surface area contributed by atoms with Crippen LogP contribution in [0.25, 0.3) is 0 Å². The number of nitrogens with one attached hydrogen (secondary N) is 1. The summed E-state index contributed by atoms with van der Waals surface area (Å²) in [6, 6.07) is 7.23. The fourth-order valence-electron chi connectivity index (χ4n) is 4.55. The zero-order valence-electron chi connectivity index (χ0n) is 20.4. The number of rotatable bonds is 9. The Labute approximate surface area is 210 Å². The zero-order valence-corrected chi connectivity index (χ0v) is 20.4. The summed E-state index contributed by atoms with van der Waals surface area (Å²) in [6.07, 6.45) is 3.15. The molecule has 3 N–H and O–H groups in total. The van der Waals surface area contributed by atoms with Crippen molar-refractivity contribution in [3.63, 3.8) is 0 Å². The second-order valence-corrected chi connectivity index (χ2v) is 8.67. The van der Waals surface area contributed by atoms with E-state index in [0.29, 0.717) is 48.3 Å². The summed E-state index contributed by atoms with van der Waals surface area (Å²) >= 11 is 0. The van der Waals surface area contributed by atoms with Crippen LogP contribution in [0.1, 0.15) is 22.3 Å². The Balaban J connectivity index is 1.34. The predicted molar refractivity (Wildman–Crippen MR) is 135 cm³/mol. The van der Waals surface area contributed by atoms with Crippen LogP contribution in [-0.4, -0.2) is 98.2 Å². The summed E-state index contributed by atoms with van der Waals surface area (Å²) in [7, 11) is 1.60. The first-order chi connectivity index (χ1) is 17.7. The van der Waals surface area contributed by atoms with Crippen molar-refractivity contribution in [1.82, 2.24) is 20.1 Å². The van der Waals surface area contributed by atoms with Gasteiger partial charge in [0.1, 0.15) is 23.5 Å². The minimum Gasteiger partial charge on any atom is -0.491 e. The lowest BCUT2D eigenvalue weighted by Gasteiger charge is -2.31. The van der Waals surface area contributed by atoms with E-state index < -0.39 is 6.17 Å². The fraction of sp³-hybridized carbons (Fsp3) is 0.440. The molecule has 36 heavy (non-hydrogen) atoms. The third kappa shape index (κ3) is 5.03. The lowest BCUT2D eigenvalue weighted by Crippen LogP contribution is -2.55. The molecule has 5 rings (SSSR count). The molecule has 1 amide bonds. The number of amidine groups is 2. The van der Waals surface area contributed by atoms with Crippen molar-refractivity contribution < 1.29 is 19.0 Å². The standard InChI is InChI=1S/C25H31N7O4/c1-34-21-19(36-13-3-9-31-11-14-35-15-12-31)6-5-18-20(21)29-24(32-10-8-28-23(18)32)22(26)30-25(33)17-4-2-7-27-16-17/h2,4-7,16,22H,3,8-15,26H2,1H3,(H,30,33). The Morgan fingerprint density at radius 3 is 2.89 bits per heavy atom. The van der Waals surface area contributed by atoms with Gasteiger partial charge < -0.3 is 30.2 Å². The number of morpholine rings is 1. The van der Waals surface area contributed by atoms with E-state index in [4.69, 9.17) is 24.9 Å². The van der Waals surface area contributed by atoms with Crippen LogP contribution in [0.5, 0.6) is 11.5 Å². The highest BCUT2D eigenvalue weighted by atomic mass is 16.5. The third-order valence-electron chi connectivity index (χ3n) is 6.35. The summed E-state index contributed by atoms with van der Waals surface area (Å²) < 4.78 is 17.3. The molecule has 2 aromatic rings. The maximum absolute atomic E-state index is 12.7. The van der Waals surface area contributed by atoms with E-state index in [1.807, 2.05) is 17.0 Å². The molecular formula is C25H31N7O4. The number of hydrogen-bond acceptors (Lipinski definition) is 10. The van der Waals surface area contributed by atoms with Crippen LogP contribution in [0, 0.1) is 0 Å². The average Bonchev–Trinajstić information content (AvgIpc) is 3.41. The van der Waals surface area contributed by atoms with Crippen molar-refractivity contribution >= 4 is 23.3 Å². The summed E-state index contributed by atoms with van der Waals surface area (Å²) in [5.41, 5.74) is 8.30. The number of carbonyl (C=O) groups excluding carboxylic acids is 1. The zero-order chi connectivity index (χ0) is 24.9. The second kappa shape index (κ2) is 11.0. The highest BCUT2D eigenvalue weighted by Gasteiger charge is 2.35. The van der Waals surface area contributed by atoms with Crippen molar-refractivity contribution in [3.05, 3.63) is 47.8 Å². The number of amides is 1. The first-order valence-corrected chi connectivity index (χ1v) is 12.2. The molecule has 0 aliphatic carbocycles. The van der Waals surface area contributed by atoms with Crippen molar-refractivity contribution in [1.29, 1.82) is 0 Å². The number of methoxy groups -OCH3 is 1. The molecule has 4 heterocycles. The maximum Gasteiger partial charge on any atom is 0.254 e. The van der Waals surface area contributed by atoms with E-state index in [0.717, 1.165) is 50.7 Å². The van der Waals surface area contributed by atoms with Crippen LogP contribution in [0.2, 0.25) is 0 Å². The fourth-order valence-corrected chi connectivity index (χ4v) is 4.55.